The van der Waals surface area contributed by atoms with Crippen molar-refractivity contribution in [2.75, 3.05) is 0 Å². The predicted molar refractivity (Wildman–Crippen MR) is 55.7 cm³/mol. The summed E-state index contributed by atoms with van der Waals surface area (Å²) in [6, 6.07) is 2.24. The van der Waals surface area contributed by atoms with Crippen molar-refractivity contribution in [2.45, 2.75) is 0 Å². The van der Waals surface area contributed by atoms with Gasteiger partial charge in [-0.15, -0.1) is 9.81 Å². The fourth-order valence-electron chi connectivity index (χ4n) is 1.05. The molecule has 0 aliphatic heterocycles. The van der Waals surface area contributed by atoms with Crippen LogP contribution in [0.1, 0.15) is 5.56 Å². The zero-order valence-corrected chi connectivity index (χ0v) is 7.82. The third-order valence-corrected chi connectivity index (χ3v) is 1.70. The lowest BCUT2D eigenvalue weighted by atomic mass is 10.1. The van der Waals surface area contributed by atoms with E-state index in [-0.39, 0.29) is 11.3 Å². The molecule has 0 spiro atoms. The summed E-state index contributed by atoms with van der Waals surface area (Å²) in [7, 11) is 0. The smallest absolute Gasteiger partial charge is 0.328 e. The largest absolute Gasteiger partial charge is 0.505 e. The van der Waals surface area contributed by atoms with Crippen molar-refractivity contribution in [1.29, 1.82) is 0 Å². The number of hydrogen-bond acceptors (Lipinski definition) is 6. The number of carbonyl (C=O) groups is 1. The summed E-state index contributed by atoms with van der Waals surface area (Å²) >= 11 is 0. The van der Waals surface area contributed by atoms with Crippen LogP contribution in [0, 0.1) is 9.81 Å². The van der Waals surface area contributed by atoms with Gasteiger partial charge in [-0.1, -0.05) is 0 Å². The van der Waals surface area contributed by atoms with Crippen LogP contribution in [0.3, 0.4) is 0 Å². The average molecular weight is 222 g/mol. The van der Waals surface area contributed by atoms with Gasteiger partial charge < -0.3 is 10.2 Å². The second-order valence-electron chi connectivity index (χ2n) is 2.76. The first-order valence-electron chi connectivity index (χ1n) is 4.03. The van der Waals surface area contributed by atoms with Crippen molar-refractivity contribution < 1.29 is 15.0 Å². The molecule has 82 valence electrons. The number of hydrogen-bond donors (Lipinski definition) is 2. The van der Waals surface area contributed by atoms with Crippen LogP contribution in [0.5, 0.6) is 5.75 Å². The fourth-order valence-corrected chi connectivity index (χ4v) is 1.05. The number of phenolic OH excluding ortho intramolecular Hbond substituents is 1. The highest BCUT2D eigenvalue weighted by Crippen LogP contribution is 2.38. The number of aliphatic carboxylic acids is 1. The summed E-state index contributed by atoms with van der Waals surface area (Å²) in [4.78, 5) is 30.8. The average Bonchev–Trinajstić information content (AvgIpc) is 2.25. The van der Waals surface area contributed by atoms with Gasteiger partial charge in [-0.05, 0) is 34.1 Å². The van der Waals surface area contributed by atoms with Gasteiger partial charge in [0.1, 0.15) is 11.4 Å². The highest BCUT2D eigenvalue weighted by Gasteiger charge is 2.10. The first-order chi connectivity index (χ1) is 7.58. The maximum atomic E-state index is 10.3. The van der Waals surface area contributed by atoms with Crippen LogP contribution in [0.4, 0.5) is 11.4 Å². The Morgan fingerprint density at radius 1 is 1.25 bits per heavy atom. The summed E-state index contributed by atoms with van der Waals surface area (Å²) in [5.74, 6) is -1.71. The molecule has 1 rings (SSSR count). The molecule has 7 nitrogen and oxygen atoms in total. The van der Waals surface area contributed by atoms with E-state index >= 15 is 0 Å². The number of nitroso groups, excluding NO2 is 2. The SMILES string of the molecule is O=Nc1cc(/C=C/C(=O)O)cc(O)c1N=O. The van der Waals surface area contributed by atoms with E-state index in [9.17, 15) is 19.7 Å². The standard InChI is InChI=1S/C9H6N2O5/c12-7-4-5(1-2-8(13)14)3-6(10-15)9(7)11-16/h1-4,12H,(H,13,14)/b2-1+. The number of aromatic hydroxyl groups is 1. The first-order valence-corrected chi connectivity index (χ1v) is 4.03. The number of phenols is 1. The maximum absolute atomic E-state index is 10.3. The van der Waals surface area contributed by atoms with Gasteiger partial charge >= 0.3 is 5.97 Å². The molecule has 0 heterocycles. The van der Waals surface area contributed by atoms with Crippen molar-refractivity contribution >= 4 is 23.4 Å². The van der Waals surface area contributed by atoms with Crippen molar-refractivity contribution in [1.82, 2.24) is 0 Å². The fraction of sp³-hybridized carbons (Fsp3) is 0. The van der Waals surface area contributed by atoms with Gasteiger partial charge in [0.15, 0.2) is 5.69 Å². The highest BCUT2D eigenvalue weighted by atomic mass is 16.4. The van der Waals surface area contributed by atoms with E-state index in [1.165, 1.54) is 0 Å². The lowest BCUT2D eigenvalue weighted by Gasteiger charge is -2.00. The third kappa shape index (κ3) is 2.47. The number of nitrogens with zero attached hydrogens (tertiary/aromatic N) is 2. The van der Waals surface area contributed by atoms with Crippen LogP contribution in [-0.2, 0) is 4.79 Å². The lowest BCUT2D eigenvalue weighted by Crippen LogP contribution is -1.85. The molecule has 1 aromatic rings. The van der Waals surface area contributed by atoms with Crippen LogP contribution >= 0.6 is 0 Å². The topological polar surface area (TPSA) is 116 Å². The second kappa shape index (κ2) is 4.78. The lowest BCUT2D eigenvalue weighted by molar-refractivity contribution is -0.131. The van der Waals surface area contributed by atoms with Crippen molar-refractivity contribution in [2.24, 2.45) is 10.4 Å². The molecule has 7 heteroatoms. The molecule has 0 saturated heterocycles. The van der Waals surface area contributed by atoms with Crippen LogP contribution in [0.25, 0.3) is 6.08 Å². The molecular weight excluding hydrogens is 216 g/mol. The van der Waals surface area contributed by atoms with Crippen LogP contribution in [0.15, 0.2) is 28.6 Å². The second-order valence-corrected chi connectivity index (χ2v) is 2.76. The van der Waals surface area contributed by atoms with Crippen molar-refractivity contribution in [3.63, 3.8) is 0 Å². The summed E-state index contributed by atoms with van der Waals surface area (Å²) in [6.45, 7) is 0. The van der Waals surface area contributed by atoms with Crippen LogP contribution in [0.2, 0.25) is 0 Å². The van der Waals surface area contributed by atoms with Gasteiger partial charge in [-0.2, -0.15) is 0 Å². The summed E-state index contributed by atoms with van der Waals surface area (Å²) in [5.41, 5.74) is -0.593. The number of rotatable bonds is 4. The number of carboxylic acid groups (broad SMARTS) is 1. The predicted octanol–water partition coefficient (Wildman–Crippen LogP) is 2.29. The minimum Gasteiger partial charge on any atom is -0.505 e. The molecule has 0 aliphatic carbocycles. The molecular formula is C9H6N2O5. The molecule has 0 aliphatic rings. The van der Waals surface area contributed by atoms with Crippen molar-refractivity contribution in [3.8, 4) is 5.75 Å². The van der Waals surface area contributed by atoms with Gasteiger partial charge in [-0.3, -0.25) is 0 Å². The van der Waals surface area contributed by atoms with Crippen molar-refractivity contribution in [3.05, 3.63) is 33.6 Å². The summed E-state index contributed by atoms with van der Waals surface area (Å²) in [6.07, 6.45) is 1.96. The molecule has 0 unspecified atom stereocenters. The minimum absolute atomic E-state index is 0.224. The van der Waals surface area contributed by atoms with Crippen LogP contribution < -0.4 is 0 Å². The Hall–Kier alpha value is -2.57. The normalized spacial score (nSPS) is 10.2. The molecule has 0 amide bonds. The van der Waals surface area contributed by atoms with E-state index in [1.807, 2.05) is 0 Å². The van der Waals surface area contributed by atoms with Gasteiger partial charge in [0.2, 0.25) is 0 Å². The van der Waals surface area contributed by atoms with Gasteiger partial charge in [0.25, 0.3) is 0 Å². The summed E-state index contributed by atoms with van der Waals surface area (Å²) in [5, 5.41) is 22.6. The Labute approximate surface area is 89.0 Å². The van der Waals surface area contributed by atoms with E-state index < -0.39 is 17.4 Å². The minimum atomic E-state index is -1.18. The highest BCUT2D eigenvalue weighted by molar-refractivity contribution is 5.86. The first kappa shape index (κ1) is 11.5. The maximum Gasteiger partial charge on any atom is 0.328 e. The Morgan fingerprint density at radius 2 is 1.94 bits per heavy atom. The number of carboxylic acids is 1. The monoisotopic (exact) mass is 222 g/mol. The Bertz CT molecular complexity index is 481. The van der Waals surface area contributed by atoms with E-state index in [4.69, 9.17) is 5.11 Å². The van der Waals surface area contributed by atoms with E-state index in [0.717, 1.165) is 24.3 Å². The zero-order chi connectivity index (χ0) is 12.1. The molecule has 0 fully saturated rings. The third-order valence-electron chi connectivity index (χ3n) is 1.70. The molecule has 16 heavy (non-hydrogen) atoms. The Morgan fingerprint density at radius 3 is 2.44 bits per heavy atom. The molecule has 2 N–H and O–H groups in total. The zero-order valence-electron chi connectivity index (χ0n) is 7.82. The molecule has 0 atom stereocenters. The van der Waals surface area contributed by atoms with Gasteiger partial charge in [0, 0.05) is 6.08 Å². The molecule has 0 bridgehead atoms. The molecule has 0 aromatic heterocycles. The van der Waals surface area contributed by atoms with Crippen LogP contribution in [-0.4, -0.2) is 16.2 Å². The Kier molecular flexibility index (Phi) is 3.44. The van der Waals surface area contributed by atoms with E-state index in [0.29, 0.717) is 0 Å². The Balaban J connectivity index is 3.25. The molecule has 0 radical (unpaired) electrons. The van der Waals surface area contributed by atoms with E-state index in [2.05, 4.69) is 10.4 Å². The quantitative estimate of drug-likeness (QED) is 0.598. The van der Waals surface area contributed by atoms with Gasteiger partial charge in [-0.25, -0.2) is 4.79 Å². The number of benzene rings is 1. The molecule has 1 aromatic carbocycles. The molecule has 0 saturated carbocycles. The summed E-state index contributed by atoms with van der Waals surface area (Å²) < 4.78 is 0. The van der Waals surface area contributed by atoms with E-state index in [1.54, 1.807) is 0 Å². The van der Waals surface area contributed by atoms with Gasteiger partial charge in [0.05, 0.1) is 0 Å².